The molecule has 2 heterocycles. The van der Waals surface area contributed by atoms with Crippen LogP contribution in [0.15, 0.2) is 35.3 Å². The summed E-state index contributed by atoms with van der Waals surface area (Å²) in [7, 11) is 1.84. The van der Waals surface area contributed by atoms with Crippen LogP contribution in [0, 0.1) is 5.92 Å². The molecule has 2 aliphatic rings. The molecule has 0 spiro atoms. The fraction of sp³-hybridized carbons (Fsp3) is 0.571. The Hall–Kier alpha value is -1.64. The molecular weight excluding hydrogens is 463 g/mol. The Morgan fingerprint density at radius 3 is 2.79 bits per heavy atom. The highest BCUT2D eigenvalue weighted by atomic mass is 127. The number of hydrogen-bond donors (Lipinski definition) is 2. The van der Waals surface area contributed by atoms with Gasteiger partial charge in [0, 0.05) is 32.0 Å². The maximum absolute atomic E-state index is 4.67. The second-order valence-corrected chi connectivity index (χ2v) is 8.07. The molecule has 1 aliphatic heterocycles. The van der Waals surface area contributed by atoms with Gasteiger partial charge in [-0.05, 0) is 30.2 Å². The lowest BCUT2D eigenvalue weighted by atomic mass is 10.1. The topological polar surface area (TPSA) is 67.1 Å². The van der Waals surface area contributed by atoms with Crippen LogP contribution in [-0.2, 0) is 13.0 Å². The fourth-order valence-corrected chi connectivity index (χ4v) is 3.89. The van der Waals surface area contributed by atoms with Crippen molar-refractivity contribution < 1.29 is 0 Å². The zero-order valence-electron chi connectivity index (χ0n) is 16.9. The predicted octanol–water partition coefficient (Wildman–Crippen LogP) is 3.30. The molecule has 1 aliphatic carbocycles. The number of guanidine groups is 1. The molecule has 152 valence electrons. The van der Waals surface area contributed by atoms with Gasteiger partial charge < -0.3 is 10.6 Å². The van der Waals surface area contributed by atoms with Crippen molar-refractivity contribution in [1.82, 2.24) is 25.4 Å². The van der Waals surface area contributed by atoms with E-state index in [-0.39, 0.29) is 24.0 Å². The first-order chi connectivity index (χ1) is 13.1. The first-order valence-electron chi connectivity index (χ1n) is 10.1. The highest BCUT2D eigenvalue weighted by Gasteiger charge is 2.38. The second kappa shape index (κ2) is 9.24. The van der Waals surface area contributed by atoms with Crippen LogP contribution in [0.1, 0.15) is 55.7 Å². The van der Waals surface area contributed by atoms with Crippen LogP contribution in [-0.4, -0.2) is 40.4 Å². The van der Waals surface area contributed by atoms with Crippen molar-refractivity contribution in [2.24, 2.45) is 10.9 Å². The van der Waals surface area contributed by atoms with Gasteiger partial charge in [-0.2, -0.15) is 5.10 Å². The van der Waals surface area contributed by atoms with Crippen molar-refractivity contribution in [3.8, 4) is 0 Å². The highest BCUT2D eigenvalue weighted by molar-refractivity contribution is 14.0. The molecule has 1 fully saturated rings. The minimum absolute atomic E-state index is 0. The van der Waals surface area contributed by atoms with Crippen LogP contribution < -0.4 is 10.6 Å². The number of halogens is 1. The van der Waals surface area contributed by atoms with Crippen LogP contribution >= 0.6 is 24.0 Å². The number of aliphatic imine (C=N–C) groups is 1. The minimum atomic E-state index is 0. The lowest BCUT2D eigenvalue weighted by Crippen LogP contribution is -2.47. The average molecular weight is 494 g/mol. The monoisotopic (exact) mass is 494 g/mol. The molecule has 2 aromatic rings. The summed E-state index contributed by atoms with van der Waals surface area (Å²) in [6.07, 6.45) is 3.29. The molecular formula is C21H31IN6. The van der Waals surface area contributed by atoms with Crippen molar-refractivity contribution in [3.05, 3.63) is 47.5 Å². The summed E-state index contributed by atoms with van der Waals surface area (Å²) < 4.78 is 2.07. The van der Waals surface area contributed by atoms with Crippen molar-refractivity contribution in [1.29, 1.82) is 0 Å². The van der Waals surface area contributed by atoms with Crippen molar-refractivity contribution in [2.45, 2.75) is 57.5 Å². The largest absolute Gasteiger partial charge is 0.356 e. The lowest BCUT2D eigenvalue weighted by molar-refractivity contribution is 0.391. The number of fused-ring (bicyclic) bond motifs is 1. The predicted molar refractivity (Wildman–Crippen MR) is 123 cm³/mol. The molecule has 2 N–H and O–H groups in total. The number of benzene rings is 1. The maximum Gasteiger partial charge on any atom is 0.191 e. The first kappa shape index (κ1) is 21.1. The van der Waals surface area contributed by atoms with E-state index in [1.54, 1.807) is 0 Å². The maximum atomic E-state index is 4.67. The summed E-state index contributed by atoms with van der Waals surface area (Å²) >= 11 is 0. The minimum Gasteiger partial charge on any atom is -0.356 e. The van der Waals surface area contributed by atoms with Crippen LogP contribution in [0.4, 0.5) is 0 Å². The Kier molecular flexibility index (Phi) is 6.95. The molecule has 1 saturated carbocycles. The number of nitrogens with zero attached hydrogens (tertiary/aromatic N) is 4. The molecule has 0 amide bonds. The van der Waals surface area contributed by atoms with Gasteiger partial charge in [0.1, 0.15) is 5.82 Å². The van der Waals surface area contributed by atoms with E-state index in [0.29, 0.717) is 23.8 Å². The Morgan fingerprint density at radius 2 is 2.07 bits per heavy atom. The summed E-state index contributed by atoms with van der Waals surface area (Å²) in [5, 5.41) is 11.8. The van der Waals surface area contributed by atoms with Crippen LogP contribution in [0.25, 0.3) is 0 Å². The van der Waals surface area contributed by atoms with Crippen molar-refractivity contribution >= 4 is 29.9 Å². The highest BCUT2D eigenvalue weighted by Crippen LogP contribution is 2.46. The van der Waals surface area contributed by atoms with Gasteiger partial charge in [-0.3, -0.25) is 4.99 Å². The summed E-state index contributed by atoms with van der Waals surface area (Å²) in [5.41, 5.74) is 1.46. The standard InChI is InChI=1S/C21H30N6.HI/c1-14(2)20-25-19-10-9-17(13-27(19)26-20)24-21(22-3)23-12-16-11-18(16)15-7-5-4-6-8-15;/h4-8,14,16-18H,9-13H2,1-3H3,(H2,22,23,24);1H. The van der Waals surface area contributed by atoms with E-state index < -0.39 is 0 Å². The van der Waals surface area contributed by atoms with Crippen LogP contribution in [0.2, 0.25) is 0 Å². The number of aryl methyl sites for hydroxylation is 1. The molecule has 4 rings (SSSR count). The molecule has 1 aromatic heterocycles. The van der Waals surface area contributed by atoms with Gasteiger partial charge in [0.05, 0.1) is 6.54 Å². The van der Waals surface area contributed by atoms with Crippen molar-refractivity contribution in [2.75, 3.05) is 13.6 Å². The van der Waals surface area contributed by atoms with Crippen LogP contribution in [0.3, 0.4) is 0 Å². The quantitative estimate of drug-likeness (QED) is 0.381. The smallest absolute Gasteiger partial charge is 0.191 e. The molecule has 0 bridgehead atoms. The Balaban J connectivity index is 0.00000225. The third-order valence-corrected chi connectivity index (χ3v) is 5.64. The molecule has 3 atom stereocenters. The summed E-state index contributed by atoms with van der Waals surface area (Å²) in [4.78, 5) is 9.09. The van der Waals surface area contributed by atoms with Gasteiger partial charge in [0.2, 0.25) is 0 Å². The molecule has 1 aromatic carbocycles. The molecule has 7 heteroatoms. The van der Waals surface area contributed by atoms with Gasteiger partial charge in [-0.15, -0.1) is 24.0 Å². The Labute approximate surface area is 184 Å². The van der Waals surface area contributed by atoms with E-state index >= 15 is 0 Å². The SMILES string of the molecule is CN=C(NCC1CC1c1ccccc1)NC1CCc2nc(C(C)C)nn2C1.I. The number of hydrogen-bond acceptors (Lipinski definition) is 3. The Bertz CT molecular complexity index is 800. The molecule has 6 nitrogen and oxygen atoms in total. The average Bonchev–Trinajstić information content (AvgIpc) is 3.34. The zero-order valence-corrected chi connectivity index (χ0v) is 19.3. The lowest BCUT2D eigenvalue weighted by Gasteiger charge is -2.25. The third-order valence-electron chi connectivity index (χ3n) is 5.64. The summed E-state index contributed by atoms with van der Waals surface area (Å²) in [6.45, 7) is 6.11. The van der Waals surface area contributed by atoms with E-state index in [0.717, 1.165) is 43.5 Å². The number of nitrogens with one attached hydrogen (secondary N) is 2. The van der Waals surface area contributed by atoms with Gasteiger partial charge in [0.25, 0.3) is 0 Å². The van der Waals surface area contributed by atoms with E-state index in [2.05, 4.69) is 74.6 Å². The van der Waals surface area contributed by atoms with Gasteiger partial charge in [-0.1, -0.05) is 44.2 Å². The van der Waals surface area contributed by atoms with E-state index in [1.807, 2.05) is 7.05 Å². The van der Waals surface area contributed by atoms with Gasteiger partial charge in [0.15, 0.2) is 11.8 Å². The first-order valence-corrected chi connectivity index (χ1v) is 10.1. The fourth-order valence-electron chi connectivity index (χ4n) is 3.89. The van der Waals surface area contributed by atoms with Crippen molar-refractivity contribution in [3.63, 3.8) is 0 Å². The van der Waals surface area contributed by atoms with Crippen LogP contribution in [0.5, 0.6) is 0 Å². The third kappa shape index (κ3) is 4.85. The summed E-state index contributed by atoms with van der Waals surface area (Å²) in [6, 6.07) is 11.2. The zero-order chi connectivity index (χ0) is 18.8. The molecule has 28 heavy (non-hydrogen) atoms. The van der Waals surface area contributed by atoms with E-state index in [4.69, 9.17) is 0 Å². The van der Waals surface area contributed by atoms with E-state index in [1.165, 1.54) is 12.0 Å². The second-order valence-electron chi connectivity index (χ2n) is 8.07. The molecule has 0 radical (unpaired) electrons. The number of aromatic nitrogens is 3. The van der Waals surface area contributed by atoms with E-state index in [9.17, 15) is 0 Å². The van der Waals surface area contributed by atoms with Gasteiger partial charge >= 0.3 is 0 Å². The van der Waals surface area contributed by atoms with Gasteiger partial charge in [-0.25, -0.2) is 9.67 Å². The molecule has 0 saturated heterocycles. The summed E-state index contributed by atoms with van der Waals surface area (Å²) in [5.74, 6) is 4.73. The normalized spacial score (nSPS) is 23.7. The number of rotatable bonds is 5. The molecule has 3 unspecified atom stereocenters. The Morgan fingerprint density at radius 1 is 1.29 bits per heavy atom.